The molecule has 4 nitrogen and oxygen atoms in total. The molecule has 0 heterocycles. The first-order valence-corrected chi connectivity index (χ1v) is 6.41. The van der Waals surface area contributed by atoms with E-state index < -0.39 is 0 Å². The van der Waals surface area contributed by atoms with Crippen LogP contribution in [0, 0.1) is 13.8 Å². The van der Waals surface area contributed by atoms with Gasteiger partial charge in [0.25, 0.3) is 5.91 Å². The third-order valence-corrected chi connectivity index (χ3v) is 3.40. The number of benzene rings is 2. The molecule has 0 aromatic heterocycles. The summed E-state index contributed by atoms with van der Waals surface area (Å²) in [5.74, 6) is -0.0973. The molecule has 0 unspecified atom stereocenters. The first-order chi connectivity index (χ1) is 9.49. The Labute approximate surface area is 118 Å². The maximum atomic E-state index is 12.0. The third-order valence-electron chi connectivity index (χ3n) is 3.40. The predicted octanol–water partition coefficient (Wildman–Crippen LogP) is 2.52. The van der Waals surface area contributed by atoms with E-state index in [4.69, 9.17) is 5.73 Å². The topological polar surface area (TPSA) is 75.4 Å². The van der Waals surface area contributed by atoms with Gasteiger partial charge in [-0.15, -0.1) is 0 Å². The van der Waals surface area contributed by atoms with Crippen LogP contribution in [-0.2, 0) is 6.54 Å². The Morgan fingerprint density at radius 2 is 2.00 bits per heavy atom. The second kappa shape index (κ2) is 5.65. The van der Waals surface area contributed by atoms with Crippen LogP contribution in [0.4, 0.5) is 5.69 Å². The summed E-state index contributed by atoms with van der Waals surface area (Å²) in [6.07, 6.45) is 0. The van der Waals surface area contributed by atoms with Crippen LogP contribution in [0.5, 0.6) is 5.75 Å². The standard InChI is InChI=1S/C16H18N2O2/c1-10-6-7-12(8-15(10)19)16(20)18-9-13-4-3-5-14(17)11(13)2/h3-8,19H,9,17H2,1-2H3,(H,18,20). The van der Waals surface area contributed by atoms with Crippen LogP contribution in [0.15, 0.2) is 36.4 Å². The Bertz CT molecular complexity index is 651. The van der Waals surface area contributed by atoms with Gasteiger partial charge in [-0.25, -0.2) is 0 Å². The average Bonchev–Trinajstić information content (AvgIpc) is 2.43. The van der Waals surface area contributed by atoms with Crippen molar-refractivity contribution in [3.63, 3.8) is 0 Å². The number of carbonyl (C=O) groups excluding carboxylic acids is 1. The zero-order chi connectivity index (χ0) is 14.7. The minimum absolute atomic E-state index is 0.123. The summed E-state index contributed by atoms with van der Waals surface area (Å²) in [7, 11) is 0. The molecule has 4 N–H and O–H groups in total. The van der Waals surface area contributed by atoms with Crippen molar-refractivity contribution in [1.82, 2.24) is 5.32 Å². The smallest absolute Gasteiger partial charge is 0.251 e. The summed E-state index contributed by atoms with van der Waals surface area (Å²) in [5.41, 5.74) is 9.68. The fourth-order valence-electron chi connectivity index (χ4n) is 1.92. The van der Waals surface area contributed by atoms with Crippen molar-refractivity contribution in [2.24, 2.45) is 0 Å². The van der Waals surface area contributed by atoms with E-state index in [1.54, 1.807) is 19.1 Å². The van der Waals surface area contributed by atoms with E-state index >= 15 is 0 Å². The molecule has 4 heteroatoms. The Kier molecular flexibility index (Phi) is 3.94. The van der Waals surface area contributed by atoms with Gasteiger partial charge in [-0.2, -0.15) is 0 Å². The van der Waals surface area contributed by atoms with Crippen LogP contribution in [0.1, 0.15) is 27.0 Å². The van der Waals surface area contributed by atoms with Gasteiger partial charge in [0.1, 0.15) is 5.75 Å². The summed E-state index contributed by atoms with van der Waals surface area (Å²) in [6, 6.07) is 10.5. The number of nitrogens with one attached hydrogen (secondary N) is 1. The van der Waals surface area contributed by atoms with Gasteiger partial charge in [-0.05, 0) is 48.7 Å². The van der Waals surface area contributed by atoms with Gasteiger partial charge in [0.2, 0.25) is 0 Å². The molecular formula is C16H18N2O2. The lowest BCUT2D eigenvalue weighted by Gasteiger charge is -2.10. The average molecular weight is 270 g/mol. The first-order valence-electron chi connectivity index (χ1n) is 6.41. The van der Waals surface area contributed by atoms with Gasteiger partial charge in [0.05, 0.1) is 0 Å². The summed E-state index contributed by atoms with van der Waals surface area (Å²) in [6.45, 7) is 4.12. The number of hydrogen-bond acceptors (Lipinski definition) is 3. The van der Waals surface area contributed by atoms with E-state index in [2.05, 4.69) is 5.32 Å². The fourth-order valence-corrected chi connectivity index (χ4v) is 1.92. The van der Waals surface area contributed by atoms with Crippen LogP contribution in [0.3, 0.4) is 0 Å². The van der Waals surface area contributed by atoms with E-state index in [9.17, 15) is 9.90 Å². The molecule has 0 fully saturated rings. The Hall–Kier alpha value is -2.49. The monoisotopic (exact) mass is 270 g/mol. The van der Waals surface area contributed by atoms with E-state index in [0.717, 1.165) is 16.7 Å². The van der Waals surface area contributed by atoms with Gasteiger partial charge in [-0.3, -0.25) is 4.79 Å². The zero-order valence-electron chi connectivity index (χ0n) is 11.6. The van der Waals surface area contributed by atoms with Crippen molar-refractivity contribution in [3.05, 3.63) is 58.7 Å². The maximum absolute atomic E-state index is 12.0. The SMILES string of the molecule is Cc1ccc(C(=O)NCc2cccc(N)c2C)cc1O. The van der Waals surface area contributed by atoms with Gasteiger partial charge in [-0.1, -0.05) is 18.2 Å². The largest absolute Gasteiger partial charge is 0.508 e. The molecule has 2 aromatic carbocycles. The summed E-state index contributed by atoms with van der Waals surface area (Å²) in [4.78, 5) is 12.0. The van der Waals surface area contributed by atoms with E-state index in [1.807, 2.05) is 25.1 Å². The molecular weight excluding hydrogens is 252 g/mol. The zero-order valence-corrected chi connectivity index (χ0v) is 11.6. The second-order valence-corrected chi connectivity index (χ2v) is 4.82. The number of rotatable bonds is 3. The van der Waals surface area contributed by atoms with Crippen LogP contribution in [0.25, 0.3) is 0 Å². The number of amides is 1. The highest BCUT2D eigenvalue weighted by Crippen LogP contribution is 2.18. The summed E-state index contributed by atoms with van der Waals surface area (Å²) < 4.78 is 0. The molecule has 104 valence electrons. The van der Waals surface area contributed by atoms with Crippen LogP contribution in [0.2, 0.25) is 0 Å². The van der Waals surface area contributed by atoms with Gasteiger partial charge in [0, 0.05) is 17.8 Å². The molecule has 1 amide bonds. The van der Waals surface area contributed by atoms with Crippen molar-refractivity contribution in [1.29, 1.82) is 0 Å². The molecule has 0 aliphatic rings. The van der Waals surface area contributed by atoms with Crippen molar-refractivity contribution in [2.45, 2.75) is 20.4 Å². The Morgan fingerprint density at radius 3 is 2.70 bits per heavy atom. The summed E-state index contributed by atoms with van der Waals surface area (Å²) in [5, 5.41) is 12.4. The number of carbonyl (C=O) groups is 1. The molecule has 2 rings (SSSR count). The minimum atomic E-state index is -0.220. The molecule has 0 saturated heterocycles. The first kappa shape index (κ1) is 13.9. The lowest BCUT2D eigenvalue weighted by atomic mass is 10.1. The van der Waals surface area contributed by atoms with Crippen molar-refractivity contribution in [3.8, 4) is 5.75 Å². The Morgan fingerprint density at radius 1 is 1.25 bits per heavy atom. The molecule has 0 aliphatic heterocycles. The third kappa shape index (κ3) is 2.91. The number of phenolic OH excluding ortho intramolecular Hbond substituents is 1. The number of nitrogen functional groups attached to an aromatic ring is 1. The molecule has 0 atom stereocenters. The number of aryl methyl sites for hydroxylation is 1. The molecule has 0 saturated carbocycles. The highest BCUT2D eigenvalue weighted by molar-refractivity contribution is 5.94. The van der Waals surface area contributed by atoms with Gasteiger partial charge in [0.15, 0.2) is 0 Å². The Balaban J connectivity index is 2.08. The predicted molar refractivity (Wildman–Crippen MR) is 79.6 cm³/mol. The van der Waals surface area contributed by atoms with Gasteiger partial charge < -0.3 is 16.2 Å². The lowest BCUT2D eigenvalue weighted by Crippen LogP contribution is -2.23. The fraction of sp³-hybridized carbons (Fsp3) is 0.188. The van der Waals surface area contributed by atoms with Crippen molar-refractivity contribution >= 4 is 11.6 Å². The van der Waals surface area contributed by atoms with Gasteiger partial charge >= 0.3 is 0 Å². The van der Waals surface area contributed by atoms with E-state index in [-0.39, 0.29) is 11.7 Å². The highest BCUT2D eigenvalue weighted by Gasteiger charge is 2.08. The normalized spacial score (nSPS) is 10.3. The quantitative estimate of drug-likeness (QED) is 0.750. The van der Waals surface area contributed by atoms with Crippen molar-refractivity contribution in [2.75, 3.05) is 5.73 Å². The van der Waals surface area contributed by atoms with Crippen LogP contribution >= 0.6 is 0 Å². The second-order valence-electron chi connectivity index (χ2n) is 4.82. The van der Waals surface area contributed by atoms with Crippen LogP contribution in [-0.4, -0.2) is 11.0 Å². The van der Waals surface area contributed by atoms with E-state index in [0.29, 0.717) is 17.8 Å². The lowest BCUT2D eigenvalue weighted by molar-refractivity contribution is 0.0950. The number of phenols is 1. The molecule has 2 aromatic rings. The van der Waals surface area contributed by atoms with E-state index in [1.165, 1.54) is 6.07 Å². The number of anilines is 1. The molecule has 0 aliphatic carbocycles. The molecule has 0 spiro atoms. The number of aromatic hydroxyl groups is 1. The van der Waals surface area contributed by atoms with Crippen molar-refractivity contribution < 1.29 is 9.90 Å². The molecule has 0 bridgehead atoms. The number of hydrogen-bond donors (Lipinski definition) is 3. The summed E-state index contributed by atoms with van der Waals surface area (Å²) >= 11 is 0. The minimum Gasteiger partial charge on any atom is -0.508 e. The number of nitrogens with two attached hydrogens (primary N) is 1. The molecule has 20 heavy (non-hydrogen) atoms. The highest BCUT2D eigenvalue weighted by atomic mass is 16.3. The van der Waals surface area contributed by atoms with Crippen LogP contribution < -0.4 is 11.1 Å². The maximum Gasteiger partial charge on any atom is 0.251 e. The molecule has 0 radical (unpaired) electrons.